The molecule has 0 saturated heterocycles. The smallest absolute Gasteiger partial charge is 0.189 e. The van der Waals surface area contributed by atoms with Crippen LogP contribution in [0.15, 0.2) is 15.7 Å². The summed E-state index contributed by atoms with van der Waals surface area (Å²) in [5.41, 5.74) is 0.247. The van der Waals surface area contributed by atoms with Crippen LogP contribution in [0.25, 0.3) is 10.9 Å². The van der Waals surface area contributed by atoms with Gasteiger partial charge in [-0.2, -0.15) is 0 Å². The Labute approximate surface area is 123 Å². The number of rotatable bonds is 1. The van der Waals surface area contributed by atoms with Crippen LogP contribution in [-0.2, 0) is 0 Å². The first-order valence-corrected chi connectivity index (χ1v) is 7.56. The van der Waals surface area contributed by atoms with Gasteiger partial charge in [-0.3, -0.25) is 0 Å². The van der Waals surface area contributed by atoms with E-state index in [9.17, 15) is 4.39 Å². The van der Waals surface area contributed by atoms with Gasteiger partial charge in [-0.1, -0.05) is 23.4 Å². The molecule has 0 saturated carbocycles. The highest BCUT2D eigenvalue weighted by atomic mass is 127. The number of nitrogens with zero attached hydrogens (tertiary/aromatic N) is 2. The molecule has 0 atom stereocenters. The highest BCUT2D eigenvalue weighted by molar-refractivity contribution is 14.1. The number of benzene rings is 1. The molecule has 0 bridgehead atoms. The zero-order chi connectivity index (χ0) is 11.9. The van der Waals surface area contributed by atoms with Crippen molar-refractivity contribution in [1.29, 1.82) is 0 Å². The summed E-state index contributed by atoms with van der Waals surface area (Å²) in [5, 5.41) is 1.27. The second-order valence-electron chi connectivity index (χ2n) is 2.88. The van der Waals surface area contributed by atoms with Crippen LogP contribution in [0.1, 0.15) is 0 Å². The second kappa shape index (κ2) is 4.91. The van der Waals surface area contributed by atoms with Crippen LogP contribution < -0.4 is 0 Å². The van der Waals surface area contributed by atoms with Crippen LogP contribution in [0.5, 0.6) is 0 Å². The molecule has 0 radical (unpaired) electrons. The molecule has 0 aliphatic rings. The van der Waals surface area contributed by atoms with Gasteiger partial charge in [-0.15, -0.1) is 0 Å². The molecule has 1 aromatic carbocycles. The van der Waals surface area contributed by atoms with E-state index in [-0.39, 0.29) is 10.7 Å². The normalized spacial score (nSPS) is 11.1. The average Bonchev–Trinajstić information content (AvgIpc) is 2.27. The predicted molar refractivity (Wildman–Crippen MR) is 76.7 cm³/mol. The zero-order valence-electron chi connectivity index (χ0n) is 7.89. The maximum absolute atomic E-state index is 13.9. The van der Waals surface area contributed by atoms with E-state index in [2.05, 4.69) is 25.9 Å². The van der Waals surface area contributed by atoms with Crippen LogP contribution in [0.2, 0.25) is 5.15 Å². The molecule has 0 unspecified atom stereocenters. The lowest BCUT2D eigenvalue weighted by Crippen LogP contribution is -1.94. The Morgan fingerprint density at radius 2 is 2.19 bits per heavy atom. The van der Waals surface area contributed by atoms with Crippen LogP contribution in [-0.4, -0.2) is 16.2 Å². The summed E-state index contributed by atoms with van der Waals surface area (Å²) >= 11 is 12.5. The van der Waals surface area contributed by atoms with E-state index in [4.69, 9.17) is 11.6 Å². The summed E-state index contributed by atoms with van der Waals surface area (Å²) in [6, 6.07) is 1.76. The molecule has 1 aromatic heterocycles. The molecule has 7 heteroatoms. The molecule has 1 heterocycles. The summed E-state index contributed by atoms with van der Waals surface area (Å²) in [6.45, 7) is 0. The molecule has 0 fully saturated rings. The summed E-state index contributed by atoms with van der Waals surface area (Å²) < 4.78 is 15.1. The highest BCUT2D eigenvalue weighted by Gasteiger charge is 2.15. The molecule has 2 rings (SSSR count). The minimum absolute atomic E-state index is 0.247. The van der Waals surface area contributed by atoms with E-state index in [1.54, 1.807) is 6.07 Å². The van der Waals surface area contributed by atoms with Crippen molar-refractivity contribution in [3.8, 4) is 0 Å². The van der Waals surface area contributed by atoms with Gasteiger partial charge in [-0.05, 0) is 50.8 Å². The van der Waals surface area contributed by atoms with Crippen LogP contribution in [0.3, 0.4) is 0 Å². The van der Waals surface area contributed by atoms with Crippen molar-refractivity contribution in [2.45, 2.75) is 5.16 Å². The van der Waals surface area contributed by atoms with Crippen LogP contribution >= 0.6 is 61.9 Å². The number of hydrogen-bond acceptors (Lipinski definition) is 3. The van der Waals surface area contributed by atoms with Crippen LogP contribution in [0, 0.1) is 9.39 Å². The molecule has 2 nitrogen and oxygen atoms in total. The Balaban J connectivity index is 2.90. The van der Waals surface area contributed by atoms with Gasteiger partial charge < -0.3 is 0 Å². The Bertz CT molecular complexity index is 581. The van der Waals surface area contributed by atoms with E-state index in [1.807, 2.05) is 28.8 Å². The molecule has 0 spiro atoms. The van der Waals surface area contributed by atoms with Crippen molar-refractivity contribution in [3.63, 3.8) is 0 Å². The predicted octanol–water partition coefficient (Wildman–Crippen LogP) is 4.51. The SMILES string of the molecule is CSc1nc(Cl)c2cc(I)c(Br)c(F)c2n1. The highest BCUT2D eigenvalue weighted by Crippen LogP contribution is 2.32. The van der Waals surface area contributed by atoms with Gasteiger partial charge in [0.1, 0.15) is 10.7 Å². The molecule has 16 heavy (non-hydrogen) atoms. The lowest BCUT2D eigenvalue weighted by Gasteiger charge is -2.06. The van der Waals surface area contributed by atoms with E-state index in [0.29, 0.717) is 15.0 Å². The van der Waals surface area contributed by atoms with Crippen molar-refractivity contribution < 1.29 is 4.39 Å². The van der Waals surface area contributed by atoms with Gasteiger partial charge in [0.25, 0.3) is 0 Å². The molecular formula is C9H4BrClFIN2S. The third-order valence-corrected chi connectivity index (χ3v) is 5.15. The number of halogens is 4. The maximum Gasteiger partial charge on any atom is 0.189 e. The minimum Gasteiger partial charge on any atom is -0.219 e. The topological polar surface area (TPSA) is 25.8 Å². The van der Waals surface area contributed by atoms with Gasteiger partial charge in [0.05, 0.1) is 4.47 Å². The monoisotopic (exact) mass is 432 g/mol. The van der Waals surface area contributed by atoms with Crippen molar-refractivity contribution >= 4 is 72.8 Å². The Morgan fingerprint density at radius 1 is 1.50 bits per heavy atom. The minimum atomic E-state index is -0.401. The number of aromatic nitrogens is 2. The van der Waals surface area contributed by atoms with E-state index in [1.165, 1.54) is 11.8 Å². The van der Waals surface area contributed by atoms with Gasteiger partial charge in [0.2, 0.25) is 0 Å². The Morgan fingerprint density at radius 3 is 2.81 bits per heavy atom. The number of fused-ring (bicyclic) bond motifs is 1. The molecule has 0 N–H and O–H groups in total. The molecule has 0 amide bonds. The number of thioether (sulfide) groups is 1. The summed E-state index contributed by atoms with van der Waals surface area (Å²) in [5.74, 6) is -0.401. The quantitative estimate of drug-likeness (QED) is 0.218. The first kappa shape index (κ1) is 12.8. The standard InChI is InChI=1S/C9H4BrClFIN2S/c1-16-9-14-7-3(8(11)15-9)2-4(13)5(10)6(7)12/h2H,1H3. The molecule has 2 aromatic rings. The van der Waals surface area contributed by atoms with Crippen molar-refractivity contribution in [3.05, 3.63) is 25.1 Å². The Hall–Kier alpha value is 0.340. The largest absolute Gasteiger partial charge is 0.219 e. The second-order valence-corrected chi connectivity index (χ2v) is 5.97. The summed E-state index contributed by atoms with van der Waals surface area (Å²) in [7, 11) is 0. The first-order valence-electron chi connectivity index (χ1n) is 4.09. The molecule has 84 valence electrons. The van der Waals surface area contributed by atoms with Gasteiger partial charge in [0.15, 0.2) is 11.0 Å². The lowest BCUT2D eigenvalue weighted by atomic mass is 10.2. The fourth-order valence-electron chi connectivity index (χ4n) is 1.21. The third-order valence-electron chi connectivity index (χ3n) is 1.94. The van der Waals surface area contributed by atoms with E-state index >= 15 is 0 Å². The van der Waals surface area contributed by atoms with Gasteiger partial charge >= 0.3 is 0 Å². The summed E-state index contributed by atoms with van der Waals surface area (Å²) in [6.07, 6.45) is 1.82. The maximum atomic E-state index is 13.9. The van der Waals surface area contributed by atoms with Crippen molar-refractivity contribution in [1.82, 2.24) is 9.97 Å². The first-order chi connectivity index (χ1) is 7.54. The van der Waals surface area contributed by atoms with Gasteiger partial charge in [-0.25, -0.2) is 14.4 Å². The Kier molecular flexibility index (Phi) is 3.93. The zero-order valence-corrected chi connectivity index (χ0v) is 13.2. The lowest BCUT2D eigenvalue weighted by molar-refractivity contribution is 0.627. The van der Waals surface area contributed by atoms with Crippen LogP contribution in [0.4, 0.5) is 4.39 Å². The molecule has 0 aliphatic carbocycles. The fourth-order valence-corrected chi connectivity index (χ4v) is 2.70. The average molecular weight is 433 g/mol. The van der Waals surface area contributed by atoms with E-state index in [0.717, 1.165) is 3.57 Å². The van der Waals surface area contributed by atoms with Crippen molar-refractivity contribution in [2.24, 2.45) is 0 Å². The van der Waals surface area contributed by atoms with E-state index < -0.39 is 5.82 Å². The molecular weight excluding hydrogens is 429 g/mol. The fraction of sp³-hybridized carbons (Fsp3) is 0.111. The third kappa shape index (κ3) is 2.16. The van der Waals surface area contributed by atoms with Gasteiger partial charge in [0, 0.05) is 8.96 Å². The number of hydrogen-bond donors (Lipinski definition) is 0. The summed E-state index contributed by atoms with van der Waals surface area (Å²) in [4.78, 5) is 8.18. The molecule has 0 aliphatic heterocycles. The van der Waals surface area contributed by atoms with Crippen molar-refractivity contribution in [2.75, 3.05) is 6.26 Å².